The molecule has 0 spiro atoms. The zero-order valence-corrected chi connectivity index (χ0v) is 15.7. The molecule has 0 rings (SSSR count). The summed E-state index contributed by atoms with van der Waals surface area (Å²) in [6.45, 7) is 3.23. The third kappa shape index (κ3) is 9.33. The number of nitrogens with one attached hydrogen (secondary N) is 2. The van der Waals surface area contributed by atoms with Crippen molar-refractivity contribution in [1.29, 1.82) is 0 Å². The van der Waals surface area contributed by atoms with Gasteiger partial charge in [-0.25, -0.2) is 0 Å². The number of carboxylic acids is 1. The van der Waals surface area contributed by atoms with Gasteiger partial charge in [0.2, 0.25) is 17.7 Å². The maximum absolute atomic E-state index is 12.3. The van der Waals surface area contributed by atoms with Crippen LogP contribution in [0, 0.1) is 5.92 Å². The number of carbonyl (C=O) groups excluding carboxylic acids is 3. The fraction of sp³-hybridized carbons (Fsp3) is 0.750. The summed E-state index contributed by atoms with van der Waals surface area (Å²) >= 11 is 0. The summed E-state index contributed by atoms with van der Waals surface area (Å²) in [6, 6.07) is -1.58. The second kappa shape index (κ2) is 12.2. The Morgan fingerprint density at radius 2 is 1.73 bits per heavy atom. The summed E-state index contributed by atoms with van der Waals surface area (Å²) in [5.74, 6) is -2.76. The van der Waals surface area contributed by atoms with Crippen molar-refractivity contribution in [3.8, 4) is 0 Å². The van der Waals surface area contributed by atoms with E-state index in [1.165, 1.54) is 7.05 Å². The lowest BCUT2D eigenvalue weighted by Crippen LogP contribution is -2.54. The van der Waals surface area contributed by atoms with Crippen LogP contribution < -0.4 is 22.1 Å². The van der Waals surface area contributed by atoms with Gasteiger partial charge in [0, 0.05) is 7.05 Å². The molecule has 0 aromatic rings. The van der Waals surface area contributed by atoms with E-state index >= 15 is 0 Å². The lowest BCUT2D eigenvalue weighted by atomic mass is 10.0. The van der Waals surface area contributed by atoms with Crippen molar-refractivity contribution in [2.24, 2.45) is 17.4 Å². The van der Waals surface area contributed by atoms with Crippen LogP contribution in [0.15, 0.2) is 0 Å². The first kappa shape index (κ1) is 23.8. The first-order valence-electron chi connectivity index (χ1n) is 8.59. The van der Waals surface area contributed by atoms with Crippen LogP contribution in [0.2, 0.25) is 0 Å². The molecule has 3 amide bonds. The van der Waals surface area contributed by atoms with Crippen LogP contribution in [0.1, 0.15) is 33.1 Å². The summed E-state index contributed by atoms with van der Waals surface area (Å²) in [6.07, 6.45) is 1.67. The molecular formula is C16H31N5O5. The van der Waals surface area contributed by atoms with E-state index in [1.54, 1.807) is 13.8 Å². The van der Waals surface area contributed by atoms with Gasteiger partial charge in [-0.1, -0.05) is 13.8 Å². The zero-order chi connectivity index (χ0) is 20.3. The van der Waals surface area contributed by atoms with Crippen LogP contribution in [-0.4, -0.2) is 72.5 Å². The predicted molar refractivity (Wildman–Crippen MR) is 95.9 cm³/mol. The van der Waals surface area contributed by atoms with Gasteiger partial charge in [-0.3, -0.25) is 19.2 Å². The van der Waals surface area contributed by atoms with Crippen LogP contribution >= 0.6 is 0 Å². The molecule has 0 saturated carbocycles. The minimum atomic E-state index is -1.15. The molecule has 0 aliphatic rings. The summed E-state index contributed by atoms with van der Waals surface area (Å²) in [4.78, 5) is 47.8. The van der Waals surface area contributed by atoms with Crippen molar-refractivity contribution in [2.45, 2.75) is 45.2 Å². The number of hydrogen-bond acceptors (Lipinski definition) is 6. The van der Waals surface area contributed by atoms with Crippen molar-refractivity contribution in [1.82, 2.24) is 15.5 Å². The fourth-order valence-corrected chi connectivity index (χ4v) is 2.04. The van der Waals surface area contributed by atoms with E-state index in [2.05, 4.69) is 10.6 Å². The number of likely N-dealkylation sites (N-methyl/N-ethyl adjacent to an activating group) is 1. The predicted octanol–water partition coefficient (Wildman–Crippen LogP) is -1.76. The Morgan fingerprint density at radius 1 is 1.12 bits per heavy atom. The van der Waals surface area contributed by atoms with E-state index in [-0.39, 0.29) is 12.5 Å². The van der Waals surface area contributed by atoms with Crippen molar-refractivity contribution < 1.29 is 24.3 Å². The van der Waals surface area contributed by atoms with Gasteiger partial charge < -0.3 is 32.1 Å². The van der Waals surface area contributed by atoms with Gasteiger partial charge in [0.25, 0.3) is 0 Å². The maximum atomic E-state index is 12.3. The molecule has 0 saturated heterocycles. The van der Waals surface area contributed by atoms with E-state index in [4.69, 9.17) is 16.6 Å². The van der Waals surface area contributed by atoms with Crippen LogP contribution in [-0.2, 0) is 19.2 Å². The smallest absolute Gasteiger partial charge is 0.323 e. The molecule has 26 heavy (non-hydrogen) atoms. The number of unbranched alkanes of at least 4 members (excludes halogenated alkanes) is 1. The Balaban J connectivity index is 4.75. The van der Waals surface area contributed by atoms with E-state index < -0.39 is 42.3 Å². The molecule has 0 aromatic carbocycles. The Kier molecular flexibility index (Phi) is 11.2. The van der Waals surface area contributed by atoms with Crippen molar-refractivity contribution in [2.75, 3.05) is 26.7 Å². The van der Waals surface area contributed by atoms with Crippen molar-refractivity contribution in [3.05, 3.63) is 0 Å². The molecule has 7 N–H and O–H groups in total. The van der Waals surface area contributed by atoms with Gasteiger partial charge in [-0.2, -0.15) is 0 Å². The number of amides is 3. The van der Waals surface area contributed by atoms with Gasteiger partial charge in [-0.05, 0) is 31.7 Å². The molecule has 150 valence electrons. The van der Waals surface area contributed by atoms with Gasteiger partial charge in [0.15, 0.2) is 0 Å². The normalized spacial score (nSPS) is 13.0. The third-order valence-electron chi connectivity index (χ3n) is 3.81. The molecule has 0 radical (unpaired) electrons. The fourth-order valence-electron chi connectivity index (χ4n) is 2.04. The van der Waals surface area contributed by atoms with E-state index in [0.29, 0.717) is 25.8 Å². The number of rotatable bonds is 12. The highest BCUT2D eigenvalue weighted by Crippen LogP contribution is 2.04. The number of aliphatic carboxylic acids is 1. The van der Waals surface area contributed by atoms with Crippen molar-refractivity contribution >= 4 is 23.7 Å². The molecule has 10 heteroatoms. The molecule has 10 nitrogen and oxygen atoms in total. The minimum absolute atomic E-state index is 0.0889. The highest BCUT2D eigenvalue weighted by molar-refractivity contribution is 5.92. The van der Waals surface area contributed by atoms with Crippen LogP contribution in [0.25, 0.3) is 0 Å². The van der Waals surface area contributed by atoms with Gasteiger partial charge in [0.1, 0.15) is 12.6 Å². The van der Waals surface area contributed by atoms with E-state index in [1.807, 2.05) is 0 Å². The second-order valence-corrected chi connectivity index (χ2v) is 6.48. The quantitative estimate of drug-likeness (QED) is 0.252. The average molecular weight is 373 g/mol. The standard InChI is InChI=1S/C16H31N5O5/c1-10(2)14(18)16(26)20-11(6-4-5-7-17)15(25)19-8-12(22)21(3)9-13(23)24/h10-11,14H,4-9,17-18H2,1-3H3,(H,19,25)(H,20,26)(H,23,24)/t11-,14-/m0/s1. The minimum Gasteiger partial charge on any atom is -0.480 e. The maximum Gasteiger partial charge on any atom is 0.323 e. The monoisotopic (exact) mass is 373 g/mol. The van der Waals surface area contributed by atoms with Crippen molar-refractivity contribution in [3.63, 3.8) is 0 Å². The highest BCUT2D eigenvalue weighted by Gasteiger charge is 2.25. The van der Waals surface area contributed by atoms with Gasteiger partial charge in [-0.15, -0.1) is 0 Å². The summed E-state index contributed by atoms with van der Waals surface area (Å²) in [5.41, 5.74) is 11.2. The Labute approximate surface area is 153 Å². The largest absolute Gasteiger partial charge is 0.480 e. The number of carbonyl (C=O) groups is 4. The zero-order valence-electron chi connectivity index (χ0n) is 15.7. The SMILES string of the molecule is CC(C)[C@H](N)C(=O)N[C@@H](CCCCN)C(=O)NCC(=O)N(C)CC(=O)O. The van der Waals surface area contributed by atoms with Gasteiger partial charge >= 0.3 is 5.97 Å². The number of carboxylic acid groups (broad SMARTS) is 1. The molecule has 0 fully saturated rings. The van der Waals surface area contributed by atoms with Crippen LogP contribution in [0.5, 0.6) is 0 Å². The summed E-state index contributed by atoms with van der Waals surface area (Å²) in [5, 5.41) is 13.7. The topological polar surface area (TPSA) is 168 Å². The Hall–Kier alpha value is -2.20. The lowest BCUT2D eigenvalue weighted by Gasteiger charge is -2.22. The van der Waals surface area contributed by atoms with Crippen LogP contribution in [0.3, 0.4) is 0 Å². The van der Waals surface area contributed by atoms with E-state index in [9.17, 15) is 19.2 Å². The highest BCUT2D eigenvalue weighted by atomic mass is 16.4. The number of nitrogens with zero attached hydrogens (tertiary/aromatic N) is 1. The molecular weight excluding hydrogens is 342 g/mol. The van der Waals surface area contributed by atoms with Gasteiger partial charge in [0.05, 0.1) is 12.6 Å². The molecule has 0 bridgehead atoms. The average Bonchev–Trinajstić information content (AvgIpc) is 2.56. The Bertz CT molecular complexity index is 497. The lowest BCUT2D eigenvalue weighted by molar-refractivity contribution is -0.143. The molecule has 0 aliphatic carbocycles. The number of hydrogen-bond donors (Lipinski definition) is 5. The molecule has 0 heterocycles. The third-order valence-corrected chi connectivity index (χ3v) is 3.81. The first-order valence-corrected chi connectivity index (χ1v) is 8.59. The molecule has 2 atom stereocenters. The first-order chi connectivity index (χ1) is 12.1. The summed E-state index contributed by atoms with van der Waals surface area (Å²) in [7, 11) is 1.32. The van der Waals surface area contributed by atoms with Crippen LogP contribution in [0.4, 0.5) is 0 Å². The number of nitrogens with two attached hydrogens (primary N) is 2. The molecule has 0 aromatic heterocycles. The Morgan fingerprint density at radius 3 is 2.23 bits per heavy atom. The molecule has 0 unspecified atom stereocenters. The summed E-state index contributed by atoms with van der Waals surface area (Å²) < 4.78 is 0. The molecule has 0 aliphatic heterocycles. The van der Waals surface area contributed by atoms with E-state index in [0.717, 1.165) is 4.90 Å². The second-order valence-electron chi connectivity index (χ2n) is 6.48.